The first kappa shape index (κ1) is 11.7. The number of hydrogen-bond donors (Lipinski definition) is 1. The van der Waals surface area contributed by atoms with Gasteiger partial charge in [-0.3, -0.25) is 0 Å². The van der Waals surface area contributed by atoms with Gasteiger partial charge in [0.15, 0.2) is 0 Å². The van der Waals surface area contributed by atoms with Crippen LogP contribution in [0, 0.1) is 6.92 Å². The van der Waals surface area contributed by atoms with Gasteiger partial charge in [0.1, 0.15) is 5.75 Å². The van der Waals surface area contributed by atoms with Gasteiger partial charge < -0.3 is 10.5 Å². The van der Waals surface area contributed by atoms with E-state index in [0.29, 0.717) is 11.6 Å². The van der Waals surface area contributed by atoms with Crippen molar-refractivity contribution in [2.24, 2.45) is 5.73 Å². The van der Waals surface area contributed by atoms with Crippen molar-refractivity contribution < 1.29 is 4.74 Å². The minimum absolute atomic E-state index is 0.167. The Labute approximate surface area is 102 Å². The number of nitrogens with two attached hydrogens (primary N) is 1. The molecule has 1 aromatic rings. The molecule has 88 valence electrons. The molecule has 0 spiro atoms. The van der Waals surface area contributed by atoms with Gasteiger partial charge in [0.25, 0.3) is 0 Å². The molecule has 3 heteroatoms. The van der Waals surface area contributed by atoms with Crippen molar-refractivity contribution in [1.82, 2.24) is 0 Å². The molecule has 2 rings (SSSR count). The lowest BCUT2D eigenvalue weighted by molar-refractivity contribution is 0.252. The lowest BCUT2D eigenvalue weighted by Crippen LogP contribution is -2.41. The van der Waals surface area contributed by atoms with Crippen molar-refractivity contribution in [2.45, 2.75) is 31.6 Å². The number of methoxy groups -OCH3 is 1. The first-order valence-corrected chi connectivity index (χ1v) is 6.05. The molecule has 2 nitrogen and oxygen atoms in total. The normalized spacial score (nSPS) is 18.0. The smallest absolute Gasteiger partial charge is 0.140 e. The Morgan fingerprint density at radius 2 is 2.12 bits per heavy atom. The summed E-state index contributed by atoms with van der Waals surface area (Å²) in [7, 11) is 1.65. The zero-order valence-electron chi connectivity index (χ0n) is 9.85. The molecule has 0 aromatic heterocycles. The standard InChI is InChI=1S/C13H18ClNO/c1-9-6-10(7-11(14)12(9)16-2)13(8-15)4-3-5-13/h6-7H,3-5,8,15H2,1-2H3. The maximum absolute atomic E-state index is 6.21. The predicted molar refractivity (Wildman–Crippen MR) is 67.3 cm³/mol. The molecule has 0 bridgehead atoms. The third kappa shape index (κ3) is 1.70. The molecule has 0 heterocycles. The molecule has 2 N–H and O–H groups in total. The van der Waals surface area contributed by atoms with Crippen molar-refractivity contribution in [3.63, 3.8) is 0 Å². The lowest BCUT2D eigenvalue weighted by atomic mass is 9.64. The van der Waals surface area contributed by atoms with Crippen molar-refractivity contribution in [3.8, 4) is 5.75 Å². The van der Waals surface area contributed by atoms with E-state index in [0.717, 1.165) is 11.3 Å². The Morgan fingerprint density at radius 3 is 2.50 bits per heavy atom. The fourth-order valence-electron chi connectivity index (χ4n) is 2.51. The van der Waals surface area contributed by atoms with Crippen LogP contribution in [0.3, 0.4) is 0 Å². The van der Waals surface area contributed by atoms with Crippen LogP contribution in [0.4, 0.5) is 0 Å². The van der Waals surface area contributed by atoms with Crippen LogP contribution < -0.4 is 10.5 Å². The van der Waals surface area contributed by atoms with E-state index in [9.17, 15) is 0 Å². The van der Waals surface area contributed by atoms with E-state index < -0.39 is 0 Å². The molecule has 1 aliphatic rings. The summed E-state index contributed by atoms with van der Waals surface area (Å²) in [6, 6.07) is 4.18. The van der Waals surface area contributed by atoms with E-state index in [-0.39, 0.29) is 5.41 Å². The van der Waals surface area contributed by atoms with Crippen molar-refractivity contribution in [3.05, 3.63) is 28.3 Å². The fourth-order valence-corrected chi connectivity index (χ4v) is 2.85. The van der Waals surface area contributed by atoms with Gasteiger partial charge in [0.05, 0.1) is 12.1 Å². The minimum atomic E-state index is 0.167. The zero-order chi connectivity index (χ0) is 11.8. The highest BCUT2D eigenvalue weighted by Crippen LogP contribution is 2.45. The second kappa shape index (κ2) is 4.27. The van der Waals surface area contributed by atoms with Crippen LogP contribution >= 0.6 is 11.6 Å². The highest BCUT2D eigenvalue weighted by atomic mass is 35.5. The predicted octanol–water partition coefficient (Wildman–Crippen LogP) is 3.04. The molecule has 0 unspecified atom stereocenters. The lowest BCUT2D eigenvalue weighted by Gasteiger charge is -2.42. The third-order valence-electron chi connectivity index (χ3n) is 3.75. The molecule has 0 aliphatic heterocycles. The van der Waals surface area contributed by atoms with E-state index in [1.54, 1.807) is 7.11 Å². The van der Waals surface area contributed by atoms with Crippen LogP contribution in [0.1, 0.15) is 30.4 Å². The molecule has 0 amide bonds. The quantitative estimate of drug-likeness (QED) is 0.880. The van der Waals surface area contributed by atoms with Crippen molar-refractivity contribution >= 4 is 11.6 Å². The van der Waals surface area contributed by atoms with Crippen LogP contribution in [0.15, 0.2) is 12.1 Å². The summed E-state index contributed by atoms with van der Waals surface area (Å²) in [4.78, 5) is 0. The Balaban J connectivity index is 2.43. The monoisotopic (exact) mass is 239 g/mol. The van der Waals surface area contributed by atoms with E-state index in [4.69, 9.17) is 22.1 Å². The maximum atomic E-state index is 6.21. The van der Waals surface area contributed by atoms with Crippen LogP contribution in [-0.2, 0) is 5.41 Å². The summed E-state index contributed by atoms with van der Waals surface area (Å²) in [5, 5.41) is 0.692. The number of halogens is 1. The average Bonchev–Trinajstić information content (AvgIpc) is 2.16. The summed E-state index contributed by atoms with van der Waals surface area (Å²) in [6.07, 6.45) is 3.61. The Bertz CT molecular complexity index is 370. The molecule has 0 atom stereocenters. The number of aryl methyl sites for hydroxylation is 1. The highest BCUT2D eigenvalue weighted by Gasteiger charge is 2.37. The van der Waals surface area contributed by atoms with Gasteiger partial charge in [0, 0.05) is 12.0 Å². The molecule has 1 saturated carbocycles. The number of hydrogen-bond acceptors (Lipinski definition) is 2. The van der Waals surface area contributed by atoms with Crippen LogP contribution in [-0.4, -0.2) is 13.7 Å². The summed E-state index contributed by atoms with van der Waals surface area (Å²) in [5.41, 5.74) is 8.42. The first-order chi connectivity index (χ1) is 7.63. The maximum Gasteiger partial charge on any atom is 0.140 e. The molecule has 1 aromatic carbocycles. The Hall–Kier alpha value is -0.730. The molecule has 0 radical (unpaired) electrons. The van der Waals surface area contributed by atoms with Gasteiger partial charge in [-0.2, -0.15) is 0 Å². The van der Waals surface area contributed by atoms with Gasteiger partial charge in [0.2, 0.25) is 0 Å². The second-order valence-corrected chi connectivity index (χ2v) is 5.05. The van der Waals surface area contributed by atoms with Gasteiger partial charge in [-0.25, -0.2) is 0 Å². The number of benzene rings is 1. The van der Waals surface area contributed by atoms with Gasteiger partial charge in [-0.15, -0.1) is 0 Å². The zero-order valence-corrected chi connectivity index (χ0v) is 10.6. The number of rotatable bonds is 3. The van der Waals surface area contributed by atoms with Gasteiger partial charge in [-0.1, -0.05) is 24.1 Å². The Morgan fingerprint density at radius 1 is 1.44 bits per heavy atom. The largest absolute Gasteiger partial charge is 0.495 e. The highest BCUT2D eigenvalue weighted by molar-refractivity contribution is 6.32. The SMILES string of the molecule is COc1c(C)cc(C2(CN)CCC2)cc1Cl. The minimum Gasteiger partial charge on any atom is -0.495 e. The summed E-state index contributed by atoms with van der Waals surface area (Å²) in [5.74, 6) is 0.775. The van der Waals surface area contributed by atoms with Gasteiger partial charge >= 0.3 is 0 Å². The van der Waals surface area contributed by atoms with E-state index in [2.05, 4.69) is 6.07 Å². The van der Waals surface area contributed by atoms with Crippen molar-refractivity contribution in [2.75, 3.05) is 13.7 Å². The first-order valence-electron chi connectivity index (χ1n) is 5.67. The average molecular weight is 240 g/mol. The van der Waals surface area contributed by atoms with Crippen LogP contribution in [0.2, 0.25) is 5.02 Å². The molecule has 1 fully saturated rings. The summed E-state index contributed by atoms with van der Waals surface area (Å²) >= 11 is 6.21. The molecule has 0 saturated heterocycles. The second-order valence-electron chi connectivity index (χ2n) is 4.65. The Kier molecular flexibility index (Phi) is 3.13. The van der Waals surface area contributed by atoms with E-state index >= 15 is 0 Å². The van der Waals surface area contributed by atoms with Gasteiger partial charge in [-0.05, 0) is 37.0 Å². The third-order valence-corrected chi connectivity index (χ3v) is 4.03. The van der Waals surface area contributed by atoms with Crippen molar-refractivity contribution in [1.29, 1.82) is 0 Å². The molecular formula is C13H18ClNO. The van der Waals surface area contributed by atoms with E-state index in [1.165, 1.54) is 24.8 Å². The topological polar surface area (TPSA) is 35.2 Å². The number of ether oxygens (including phenoxy) is 1. The molecule has 1 aliphatic carbocycles. The van der Waals surface area contributed by atoms with Crippen LogP contribution in [0.5, 0.6) is 5.75 Å². The molecule has 16 heavy (non-hydrogen) atoms. The summed E-state index contributed by atoms with van der Waals surface area (Å²) in [6.45, 7) is 2.73. The molecular weight excluding hydrogens is 222 g/mol. The fraction of sp³-hybridized carbons (Fsp3) is 0.538. The van der Waals surface area contributed by atoms with Crippen LogP contribution in [0.25, 0.3) is 0 Å². The summed E-state index contributed by atoms with van der Waals surface area (Å²) < 4.78 is 5.27. The van der Waals surface area contributed by atoms with E-state index in [1.807, 2.05) is 13.0 Å².